The molecule has 0 amide bonds. The van der Waals surface area contributed by atoms with E-state index in [0.717, 1.165) is 16.8 Å². The van der Waals surface area contributed by atoms with E-state index in [1.807, 2.05) is 32.0 Å². The summed E-state index contributed by atoms with van der Waals surface area (Å²) in [5.41, 5.74) is 2.34. The van der Waals surface area contributed by atoms with Gasteiger partial charge < -0.3 is 4.55 Å². The van der Waals surface area contributed by atoms with Crippen LogP contribution in [-0.4, -0.2) is 36.3 Å². The minimum absolute atomic E-state index is 0.0824. The second-order valence-corrected chi connectivity index (χ2v) is 7.67. The molecule has 0 bridgehead atoms. The molecule has 1 unspecified atom stereocenters. The summed E-state index contributed by atoms with van der Waals surface area (Å²) in [6.45, 7) is 9.35. The molecule has 0 aliphatic heterocycles. The minimum atomic E-state index is -1.58. The Morgan fingerprint density at radius 1 is 1.32 bits per heavy atom. The maximum absolute atomic E-state index is 12.5. The Labute approximate surface area is 133 Å². The zero-order valence-electron chi connectivity index (χ0n) is 13.5. The number of aryl methyl sites for hydroxylation is 2. The molecule has 1 atom stereocenters. The van der Waals surface area contributed by atoms with Crippen molar-refractivity contribution >= 4 is 17.0 Å². The molecular weight excluding hydrogens is 300 g/mol. The van der Waals surface area contributed by atoms with Crippen LogP contribution in [0.3, 0.4) is 0 Å². The van der Waals surface area contributed by atoms with Crippen LogP contribution in [0.15, 0.2) is 23.4 Å². The maximum atomic E-state index is 12.5. The van der Waals surface area contributed by atoms with Crippen molar-refractivity contribution in [2.45, 2.75) is 39.8 Å². The van der Waals surface area contributed by atoms with Gasteiger partial charge in [0.2, 0.25) is 0 Å². The first kappa shape index (κ1) is 16.6. The summed E-state index contributed by atoms with van der Waals surface area (Å²) in [6, 6.07) is 5.83. The number of carbonyl (C=O) groups is 1. The number of hydrogen-bond acceptors (Lipinski definition) is 5. The summed E-state index contributed by atoms with van der Waals surface area (Å²) in [5, 5.41) is 11.6. The number of tetrazole rings is 1. The zero-order valence-corrected chi connectivity index (χ0v) is 14.3. The molecule has 2 rings (SSSR count). The average molecular weight is 320 g/mol. The van der Waals surface area contributed by atoms with E-state index in [0.29, 0.717) is 0 Å². The molecule has 0 spiro atoms. The zero-order chi connectivity index (χ0) is 16.5. The first-order chi connectivity index (χ1) is 10.2. The molecule has 0 saturated heterocycles. The third-order valence-electron chi connectivity index (χ3n) is 3.32. The van der Waals surface area contributed by atoms with Crippen LogP contribution in [0.5, 0.6) is 0 Å². The fourth-order valence-corrected chi connectivity index (χ4v) is 3.17. The van der Waals surface area contributed by atoms with Crippen LogP contribution in [-0.2, 0) is 16.0 Å². The fourth-order valence-electron chi connectivity index (χ4n) is 1.92. The van der Waals surface area contributed by atoms with Crippen LogP contribution in [0, 0.1) is 19.3 Å². The van der Waals surface area contributed by atoms with E-state index in [2.05, 4.69) is 15.5 Å². The molecule has 0 radical (unpaired) electrons. The minimum Gasteiger partial charge on any atom is -0.609 e. The van der Waals surface area contributed by atoms with Crippen molar-refractivity contribution < 1.29 is 9.35 Å². The maximum Gasteiger partial charge on any atom is 0.366 e. The van der Waals surface area contributed by atoms with Gasteiger partial charge in [0.25, 0.3) is 0 Å². The fraction of sp³-hybridized carbons (Fsp3) is 0.467. The Balaban J connectivity index is 2.31. The Morgan fingerprint density at radius 2 is 2.00 bits per heavy atom. The Hall–Kier alpha value is -1.73. The van der Waals surface area contributed by atoms with Gasteiger partial charge >= 0.3 is 5.16 Å². The molecule has 1 aromatic heterocycles. The Kier molecular flexibility index (Phi) is 4.67. The van der Waals surface area contributed by atoms with Crippen molar-refractivity contribution in [3.63, 3.8) is 0 Å². The highest BCUT2D eigenvalue weighted by molar-refractivity contribution is 7.92. The van der Waals surface area contributed by atoms with E-state index in [1.165, 1.54) is 4.68 Å². The van der Waals surface area contributed by atoms with Gasteiger partial charge in [0, 0.05) is 16.6 Å². The van der Waals surface area contributed by atoms with Crippen molar-refractivity contribution in [1.29, 1.82) is 0 Å². The van der Waals surface area contributed by atoms with Crippen LogP contribution >= 0.6 is 0 Å². The molecule has 0 N–H and O–H groups in total. The molecule has 2 aromatic rings. The third kappa shape index (κ3) is 3.53. The van der Waals surface area contributed by atoms with Gasteiger partial charge in [-0.25, -0.2) is 0 Å². The molecule has 0 aliphatic carbocycles. The van der Waals surface area contributed by atoms with Crippen molar-refractivity contribution in [1.82, 2.24) is 20.2 Å². The highest BCUT2D eigenvalue weighted by Crippen LogP contribution is 2.21. The van der Waals surface area contributed by atoms with E-state index in [9.17, 15) is 9.35 Å². The first-order valence-corrected chi connectivity index (χ1v) is 8.29. The summed E-state index contributed by atoms with van der Waals surface area (Å²) in [5.74, 6) is -0.171. The molecule has 0 aliphatic rings. The predicted molar refractivity (Wildman–Crippen MR) is 84.4 cm³/mol. The number of nitrogens with zero attached hydrogens (tertiary/aromatic N) is 4. The second-order valence-electron chi connectivity index (χ2n) is 6.33. The number of carbonyl (C=O) groups excluding carboxylic acids is 1. The van der Waals surface area contributed by atoms with Gasteiger partial charge in [0.15, 0.2) is 11.5 Å². The topological polar surface area (TPSA) is 83.7 Å². The summed E-state index contributed by atoms with van der Waals surface area (Å²) in [7, 11) is 0. The second kappa shape index (κ2) is 6.18. The van der Waals surface area contributed by atoms with Crippen molar-refractivity contribution in [2.75, 3.05) is 5.75 Å². The largest absolute Gasteiger partial charge is 0.609 e. The lowest BCUT2D eigenvalue weighted by Gasteiger charge is -2.17. The number of Topliss-reactive ketones (excluding diaryl/α,β-unsaturated/α-hetero) is 1. The number of hydrogen-bond donors (Lipinski definition) is 0. The molecule has 0 saturated carbocycles. The number of benzene rings is 1. The molecule has 22 heavy (non-hydrogen) atoms. The molecule has 1 heterocycles. The molecule has 6 nitrogen and oxygen atoms in total. The van der Waals surface area contributed by atoms with Gasteiger partial charge in [-0.1, -0.05) is 43.6 Å². The van der Waals surface area contributed by atoms with E-state index < -0.39 is 16.6 Å². The number of rotatable bonds is 4. The van der Waals surface area contributed by atoms with E-state index in [1.54, 1.807) is 20.8 Å². The lowest BCUT2D eigenvalue weighted by Crippen LogP contribution is -2.29. The van der Waals surface area contributed by atoms with Gasteiger partial charge in [-0.05, 0) is 35.9 Å². The number of ketones is 1. The van der Waals surface area contributed by atoms with Gasteiger partial charge in [0.05, 0.1) is 5.69 Å². The lowest BCUT2D eigenvalue weighted by molar-refractivity contribution is -0.123. The SMILES string of the molecule is Cc1ccc(-n2nnnc2[S+]([O-])CC(=O)C(C)(C)C)c(C)c1. The summed E-state index contributed by atoms with van der Waals surface area (Å²) < 4.78 is 13.9. The van der Waals surface area contributed by atoms with Crippen molar-refractivity contribution in [2.24, 2.45) is 5.41 Å². The van der Waals surface area contributed by atoms with Crippen LogP contribution in [0.4, 0.5) is 0 Å². The quantitative estimate of drug-likeness (QED) is 0.805. The predicted octanol–water partition coefficient (Wildman–Crippen LogP) is 2.00. The molecule has 118 valence electrons. The number of aromatic nitrogens is 4. The van der Waals surface area contributed by atoms with Gasteiger partial charge in [-0.2, -0.15) is 4.68 Å². The van der Waals surface area contributed by atoms with Gasteiger partial charge in [-0.15, -0.1) is 0 Å². The monoisotopic (exact) mass is 320 g/mol. The summed E-state index contributed by atoms with van der Waals surface area (Å²) >= 11 is -1.58. The van der Waals surface area contributed by atoms with Crippen LogP contribution < -0.4 is 0 Å². The Bertz CT molecular complexity index is 691. The Morgan fingerprint density at radius 3 is 2.59 bits per heavy atom. The van der Waals surface area contributed by atoms with Crippen LogP contribution in [0.2, 0.25) is 0 Å². The van der Waals surface area contributed by atoms with E-state index >= 15 is 0 Å². The van der Waals surface area contributed by atoms with Crippen LogP contribution in [0.25, 0.3) is 5.69 Å². The van der Waals surface area contributed by atoms with Gasteiger partial charge in [-0.3, -0.25) is 4.79 Å². The van der Waals surface area contributed by atoms with E-state index in [-0.39, 0.29) is 16.7 Å². The van der Waals surface area contributed by atoms with Crippen LogP contribution in [0.1, 0.15) is 31.9 Å². The molecule has 1 aromatic carbocycles. The van der Waals surface area contributed by atoms with E-state index in [4.69, 9.17) is 0 Å². The average Bonchev–Trinajstić information content (AvgIpc) is 2.86. The highest BCUT2D eigenvalue weighted by Gasteiger charge is 2.31. The first-order valence-electron chi connectivity index (χ1n) is 6.98. The smallest absolute Gasteiger partial charge is 0.366 e. The summed E-state index contributed by atoms with van der Waals surface area (Å²) in [6.07, 6.45) is 0. The molecule has 0 fully saturated rings. The molecular formula is C15H20N4O2S. The van der Waals surface area contributed by atoms with Crippen molar-refractivity contribution in [3.8, 4) is 5.69 Å². The summed E-state index contributed by atoms with van der Waals surface area (Å²) in [4.78, 5) is 12.1. The normalized spacial score (nSPS) is 13.2. The van der Waals surface area contributed by atoms with Crippen molar-refractivity contribution in [3.05, 3.63) is 29.3 Å². The molecule has 7 heteroatoms. The lowest BCUT2D eigenvalue weighted by atomic mass is 9.92. The standard InChI is InChI=1S/C15H20N4O2S/c1-10-6-7-12(11(2)8-10)19-14(16-17-18-19)22(21)9-13(20)15(3,4)5/h6-8H,9H2,1-5H3. The third-order valence-corrected chi connectivity index (χ3v) is 4.51. The van der Waals surface area contributed by atoms with Gasteiger partial charge in [0.1, 0.15) is 0 Å². The highest BCUT2D eigenvalue weighted by atomic mass is 32.2.